The number of nitrogens with zero attached hydrogens (tertiary/aromatic N) is 2. The van der Waals surface area contributed by atoms with Crippen LogP contribution in [0.15, 0.2) is 12.3 Å². The smallest absolute Gasteiger partial charge is 0.320 e. The molecule has 1 aromatic rings. The fraction of sp³-hybridized carbons (Fsp3) is 0.556. The minimum atomic E-state index is -0.279. The zero-order valence-corrected chi connectivity index (χ0v) is 9.15. The van der Waals surface area contributed by atoms with Crippen LogP contribution in [0.3, 0.4) is 0 Å². The maximum atomic E-state index is 11.4. The molecule has 1 heterocycles. The number of aryl methyl sites for hydroxylation is 1. The summed E-state index contributed by atoms with van der Waals surface area (Å²) >= 11 is 0. The number of nitrogens with one attached hydrogen (secondary N) is 2. The van der Waals surface area contributed by atoms with Crippen LogP contribution < -0.4 is 10.6 Å². The van der Waals surface area contributed by atoms with Crippen LogP contribution in [0.25, 0.3) is 0 Å². The number of methoxy groups -OCH3 is 1. The Hall–Kier alpha value is -1.56. The van der Waals surface area contributed by atoms with Crippen LogP contribution >= 0.6 is 0 Å². The first-order valence-corrected chi connectivity index (χ1v) is 4.68. The van der Waals surface area contributed by atoms with Gasteiger partial charge in [-0.15, -0.1) is 0 Å². The van der Waals surface area contributed by atoms with Crippen molar-refractivity contribution in [2.75, 3.05) is 19.0 Å². The van der Waals surface area contributed by atoms with Gasteiger partial charge >= 0.3 is 6.03 Å². The zero-order valence-electron chi connectivity index (χ0n) is 9.15. The minimum Gasteiger partial charge on any atom is -0.383 e. The average molecular weight is 212 g/mol. The van der Waals surface area contributed by atoms with Crippen molar-refractivity contribution >= 4 is 11.8 Å². The molecule has 84 valence electrons. The van der Waals surface area contributed by atoms with Gasteiger partial charge in [0.05, 0.1) is 12.6 Å². The van der Waals surface area contributed by atoms with Crippen molar-refractivity contribution in [3.05, 3.63) is 12.3 Å². The van der Waals surface area contributed by atoms with Crippen LogP contribution in [0.5, 0.6) is 0 Å². The molecule has 0 aliphatic heterocycles. The molecule has 0 saturated carbocycles. The lowest BCUT2D eigenvalue weighted by Crippen LogP contribution is -2.38. The quantitative estimate of drug-likeness (QED) is 0.767. The number of carbonyl (C=O) groups excluding carboxylic acids is 1. The highest BCUT2D eigenvalue weighted by atomic mass is 16.5. The van der Waals surface area contributed by atoms with Gasteiger partial charge in [0.1, 0.15) is 0 Å². The van der Waals surface area contributed by atoms with E-state index in [0.29, 0.717) is 12.4 Å². The third-order valence-electron chi connectivity index (χ3n) is 1.75. The average Bonchev–Trinajstić information content (AvgIpc) is 2.51. The van der Waals surface area contributed by atoms with E-state index in [2.05, 4.69) is 15.7 Å². The maximum absolute atomic E-state index is 11.4. The molecule has 0 aromatic carbocycles. The molecule has 2 amide bonds. The van der Waals surface area contributed by atoms with Gasteiger partial charge in [-0.05, 0) is 6.92 Å². The SMILES string of the molecule is COCC(C)NC(=O)Nc1ccn(C)n1. The lowest BCUT2D eigenvalue weighted by atomic mass is 10.4. The number of amides is 2. The number of hydrogen-bond donors (Lipinski definition) is 2. The second kappa shape index (κ2) is 5.35. The van der Waals surface area contributed by atoms with Crippen LogP contribution in [0.4, 0.5) is 10.6 Å². The molecular formula is C9H16N4O2. The van der Waals surface area contributed by atoms with E-state index in [1.165, 1.54) is 0 Å². The summed E-state index contributed by atoms with van der Waals surface area (Å²) in [4.78, 5) is 11.4. The molecule has 0 spiro atoms. The first-order chi connectivity index (χ1) is 7.11. The van der Waals surface area contributed by atoms with Crippen molar-refractivity contribution in [1.29, 1.82) is 0 Å². The van der Waals surface area contributed by atoms with Crippen molar-refractivity contribution in [3.63, 3.8) is 0 Å². The van der Waals surface area contributed by atoms with Crippen molar-refractivity contribution < 1.29 is 9.53 Å². The number of hydrogen-bond acceptors (Lipinski definition) is 3. The molecule has 0 aliphatic carbocycles. The molecule has 0 saturated heterocycles. The number of rotatable bonds is 4. The molecule has 1 atom stereocenters. The monoisotopic (exact) mass is 212 g/mol. The summed E-state index contributed by atoms with van der Waals surface area (Å²) in [5.74, 6) is 0.527. The maximum Gasteiger partial charge on any atom is 0.320 e. The van der Waals surface area contributed by atoms with Gasteiger partial charge in [0.2, 0.25) is 0 Å². The molecule has 6 heteroatoms. The fourth-order valence-electron chi connectivity index (χ4n) is 1.15. The topological polar surface area (TPSA) is 68.2 Å². The lowest BCUT2D eigenvalue weighted by molar-refractivity contribution is 0.173. The predicted molar refractivity (Wildman–Crippen MR) is 56.7 cm³/mol. The molecule has 1 aromatic heterocycles. The Morgan fingerprint density at radius 2 is 2.47 bits per heavy atom. The van der Waals surface area contributed by atoms with Crippen LogP contribution in [-0.2, 0) is 11.8 Å². The van der Waals surface area contributed by atoms with Gasteiger partial charge in [-0.3, -0.25) is 10.00 Å². The minimum absolute atomic E-state index is 0.0290. The third-order valence-corrected chi connectivity index (χ3v) is 1.75. The molecule has 0 radical (unpaired) electrons. The summed E-state index contributed by atoms with van der Waals surface area (Å²) in [5.41, 5.74) is 0. The van der Waals surface area contributed by atoms with Crippen LogP contribution in [0.1, 0.15) is 6.92 Å². The Bertz CT molecular complexity index is 324. The van der Waals surface area contributed by atoms with Crippen LogP contribution in [-0.4, -0.2) is 35.6 Å². The van der Waals surface area contributed by atoms with E-state index in [4.69, 9.17) is 4.74 Å². The highest BCUT2D eigenvalue weighted by Gasteiger charge is 2.07. The van der Waals surface area contributed by atoms with Gasteiger partial charge in [-0.2, -0.15) is 5.10 Å². The third kappa shape index (κ3) is 3.99. The Morgan fingerprint density at radius 1 is 1.73 bits per heavy atom. The summed E-state index contributed by atoms with van der Waals surface area (Å²) in [6.45, 7) is 2.34. The number of anilines is 1. The largest absolute Gasteiger partial charge is 0.383 e. The Kier molecular flexibility index (Phi) is 4.11. The molecule has 6 nitrogen and oxygen atoms in total. The van der Waals surface area contributed by atoms with Crippen LogP contribution in [0, 0.1) is 0 Å². The second-order valence-corrected chi connectivity index (χ2v) is 3.33. The molecule has 0 aliphatic rings. The van der Waals surface area contributed by atoms with Crippen LogP contribution in [0.2, 0.25) is 0 Å². The van der Waals surface area contributed by atoms with E-state index in [1.54, 1.807) is 31.1 Å². The fourth-order valence-corrected chi connectivity index (χ4v) is 1.15. The number of aromatic nitrogens is 2. The Labute approximate surface area is 88.6 Å². The molecule has 2 N–H and O–H groups in total. The van der Waals surface area contributed by atoms with Gasteiger partial charge < -0.3 is 10.1 Å². The van der Waals surface area contributed by atoms with Gasteiger partial charge in [0.25, 0.3) is 0 Å². The van der Waals surface area contributed by atoms with E-state index < -0.39 is 0 Å². The van der Waals surface area contributed by atoms with Crippen molar-refractivity contribution in [3.8, 4) is 0 Å². The predicted octanol–water partition coefficient (Wildman–Crippen LogP) is 0.576. The lowest BCUT2D eigenvalue weighted by Gasteiger charge is -2.12. The number of urea groups is 1. The van der Waals surface area contributed by atoms with Gasteiger partial charge in [-0.25, -0.2) is 4.79 Å². The summed E-state index contributed by atoms with van der Waals surface area (Å²) in [6.07, 6.45) is 1.76. The molecule has 0 fully saturated rings. The van der Waals surface area contributed by atoms with Gasteiger partial charge in [-0.1, -0.05) is 0 Å². The van der Waals surface area contributed by atoms with Crippen molar-refractivity contribution in [2.45, 2.75) is 13.0 Å². The first-order valence-electron chi connectivity index (χ1n) is 4.68. The van der Waals surface area contributed by atoms with Gasteiger partial charge in [0, 0.05) is 26.4 Å². The van der Waals surface area contributed by atoms with E-state index in [0.717, 1.165) is 0 Å². The van der Waals surface area contributed by atoms with Gasteiger partial charge in [0.15, 0.2) is 5.82 Å². The van der Waals surface area contributed by atoms with E-state index in [-0.39, 0.29) is 12.1 Å². The van der Waals surface area contributed by atoms with Crippen molar-refractivity contribution in [1.82, 2.24) is 15.1 Å². The molecule has 15 heavy (non-hydrogen) atoms. The van der Waals surface area contributed by atoms with E-state index in [1.807, 2.05) is 6.92 Å². The molecule has 0 bridgehead atoms. The second-order valence-electron chi connectivity index (χ2n) is 3.33. The molecule has 1 unspecified atom stereocenters. The zero-order chi connectivity index (χ0) is 11.3. The molecule has 1 rings (SSSR count). The Balaban J connectivity index is 2.36. The normalized spacial score (nSPS) is 12.2. The summed E-state index contributed by atoms with van der Waals surface area (Å²) in [7, 11) is 3.38. The van der Waals surface area contributed by atoms with E-state index >= 15 is 0 Å². The number of ether oxygens (including phenoxy) is 1. The van der Waals surface area contributed by atoms with Crippen molar-refractivity contribution in [2.24, 2.45) is 7.05 Å². The summed E-state index contributed by atoms with van der Waals surface area (Å²) in [5, 5.41) is 9.35. The number of carbonyl (C=O) groups is 1. The first kappa shape index (κ1) is 11.5. The highest BCUT2D eigenvalue weighted by molar-refractivity contribution is 5.88. The Morgan fingerprint density at radius 3 is 3.00 bits per heavy atom. The standard InChI is InChI=1S/C9H16N4O2/c1-7(6-15-3)10-9(14)11-8-4-5-13(2)12-8/h4-5,7H,6H2,1-3H3,(H2,10,11,12,14). The summed E-state index contributed by atoms with van der Waals surface area (Å²) < 4.78 is 6.52. The molecular weight excluding hydrogens is 196 g/mol. The highest BCUT2D eigenvalue weighted by Crippen LogP contribution is 2.00. The summed E-state index contributed by atoms with van der Waals surface area (Å²) in [6, 6.07) is 1.41. The van der Waals surface area contributed by atoms with E-state index in [9.17, 15) is 4.79 Å².